The van der Waals surface area contributed by atoms with Crippen molar-refractivity contribution in [3.63, 3.8) is 0 Å². The van der Waals surface area contributed by atoms with Crippen LogP contribution in [-0.2, 0) is 13.0 Å². The maximum Gasteiger partial charge on any atom is 0.317 e. The summed E-state index contributed by atoms with van der Waals surface area (Å²) in [5.41, 5.74) is 2.02. The fourth-order valence-electron chi connectivity index (χ4n) is 3.23. The molecule has 142 valence electrons. The van der Waals surface area contributed by atoms with Crippen molar-refractivity contribution in [2.75, 3.05) is 37.9 Å². The third-order valence-corrected chi connectivity index (χ3v) is 4.84. The third kappa shape index (κ3) is 3.89. The van der Waals surface area contributed by atoms with Gasteiger partial charge in [0.1, 0.15) is 12.1 Å². The molecule has 1 aromatic heterocycles. The van der Waals surface area contributed by atoms with Crippen molar-refractivity contribution < 1.29 is 14.3 Å². The highest BCUT2D eigenvalue weighted by molar-refractivity contribution is 5.74. The van der Waals surface area contributed by atoms with E-state index >= 15 is 0 Å². The van der Waals surface area contributed by atoms with E-state index < -0.39 is 0 Å². The monoisotopic (exact) mass is 369 g/mol. The SMILES string of the molecule is CCc1cc(N2CCN(C(=O)NCc3ccc4c(c3)OCO4)CC2)ncn1. The predicted molar refractivity (Wildman–Crippen MR) is 100.0 cm³/mol. The molecule has 27 heavy (non-hydrogen) atoms. The highest BCUT2D eigenvalue weighted by atomic mass is 16.7. The minimum absolute atomic E-state index is 0.0516. The number of anilines is 1. The first-order valence-corrected chi connectivity index (χ1v) is 9.20. The summed E-state index contributed by atoms with van der Waals surface area (Å²) in [5, 5.41) is 2.98. The summed E-state index contributed by atoms with van der Waals surface area (Å²) < 4.78 is 10.7. The van der Waals surface area contributed by atoms with Gasteiger partial charge in [0.25, 0.3) is 0 Å². The van der Waals surface area contributed by atoms with Crippen LogP contribution in [0.15, 0.2) is 30.6 Å². The van der Waals surface area contributed by atoms with E-state index in [4.69, 9.17) is 9.47 Å². The van der Waals surface area contributed by atoms with Crippen molar-refractivity contribution in [1.29, 1.82) is 0 Å². The smallest absolute Gasteiger partial charge is 0.317 e. The van der Waals surface area contributed by atoms with Gasteiger partial charge in [-0.25, -0.2) is 14.8 Å². The lowest BCUT2D eigenvalue weighted by Gasteiger charge is -2.35. The molecular formula is C19H23N5O3. The quantitative estimate of drug-likeness (QED) is 0.885. The Labute approximate surface area is 158 Å². The van der Waals surface area contributed by atoms with E-state index in [-0.39, 0.29) is 12.8 Å². The molecule has 2 amide bonds. The number of ether oxygens (including phenoxy) is 2. The second-order valence-electron chi connectivity index (χ2n) is 6.54. The molecule has 0 bridgehead atoms. The van der Waals surface area contributed by atoms with Crippen LogP contribution in [0.5, 0.6) is 11.5 Å². The van der Waals surface area contributed by atoms with Gasteiger partial charge < -0.3 is 24.6 Å². The zero-order chi connectivity index (χ0) is 18.6. The molecule has 1 N–H and O–H groups in total. The lowest BCUT2D eigenvalue weighted by molar-refractivity contribution is 0.174. The van der Waals surface area contributed by atoms with Crippen molar-refractivity contribution in [3.05, 3.63) is 41.9 Å². The van der Waals surface area contributed by atoms with Crippen LogP contribution in [0.2, 0.25) is 0 Å². The van der Waals surface area contributed by atoms with Gasteiger partial charge in [-0.2, -0.15) is 0 Å². The molecule has 0 spiro atoms. The molecule has 1 fully saturated rings. The Morgan fingerprint density at radius 3 is 2.74 bits per heavy atom. The van der Waals surface area contributed by atoms with Crippen LogP contribution in [-0.4, -0.2) is 53.9 Å². The highest BCUT2D eigenvalue weighted by Gasteiger charge is 2.22. The number of piperazine rings is 1. The highest BCUT2D eigenvalue weighted by Crippen LogP contribution is 2.32. The van der Waals surface area contributed by atoms with E-state index in [1.807, 2.05) is 29.2 Å². The van der Waals surface area contributed by atoms with E-state index in [1.165, 1.54) is 0 Å². The van der Waals surface area contributed by atoms with E-state index in [1.54, 1.807) is 6.33 Å². The Morgan fingerprint density at radius 2 is 1.93 bits per heavy atom. The molecular weight excluding hydrogens is 346 g/mol. The van der Waals surface area contributed by atoms with Gasteiger partial charge in [-0.3, -0.25) is 0 Å². The average Bonchev–Trinajstić information content (AvgIpc) is 3.20. The van der Waals surface area contributed by atoms with Crippen LogP contribution in [0.1, 0.15) is 18.2 Å². The summed E-state index contributed by atoms with van der Waals surface area (Å²) in [4.78, 5) is 25.1. The van der Waals surface area contributed by atoms with Gasteiger partial charge in [0.05, 0.1) is 0 Å². The lowest BCUT2D eigenvalue weighted by atomic mass is 10.2. The fourth-order valence-corrected chi connectivity index (χ4v) is 3.23. The minimum atomic E-state index is -0.0516. The molecule has 1 saturated heterocycles. The maximum absolute atomic E-state index is 12.5. The number of carbonyl (C=O) groups excluding carboxylic acids is 1. The molecule has 0 saturated carbocycles. The number of rotatable bonds is 4. The first-order chi connectivity index (χ1) is 13.2. The molecule has 2 aliphatic rings. The second kappa shape index (κ2) is 7.69. The minimum Gasteiger partial charge on any atom is -0.454 e. The summed E-state index contributed by atoms with van der Waals surface area (Å²) >= 11 is 0. The Balaban J connectivity index is 1.28. The van der Waals surface area contributed by atoms with Crippen LogP contribution in [0.4, 0.5) is 10.6 Å². The molecule has 0 unspecified atom stereocenters. The molecule has 1 aromatic carbocycles. The molecule has 0 atom stereocenters. The summed E-state index contributed by atoms with van der Waals surface area (Å²) in [5.74, 6) is 2.41. The number of aryl methyl sites for hydroxylation is 1. The van der Waals surface area contributed by atoms with Crippen molar-refractivity contribution in [2.45, 2.75) is 19.9 Å². The van der Waals surface area contributed by atoms with Gasteiger partial charge in [-0.05, 0) is 24.1 Å². The topological polar surface area (TPSA) is 79.8 Å². The standard InChI is InChI=1S/C19H23N5O3/c1-2-15-10-18(22-12-21-15)23-5-7-24(8-6-23)19(25)20-11-14-3-4-16-17(9-14)27-13-26-16/h3-4,9-10,12H,2,5-8,11,13H2,1H3,(H,20,25). The predicted octanol–water partition coefficient (Wildman–Crippen LogP) is 1.80. The number of aromatic nitrogens is 2. The third-order valence-electron chi connectivity index (χ3n) is 4.84. The van der Waals surface area contributed by atoms with Crippen molar-refractivity contribution >= 4 is 11.8 Å². The number of nitrogens with one attached hydrogen (secondary N) is 1. The summed E-state index contributed by atoms with van der Waals surface area (Å²) in [6, 6.07) is 7.68. The summed E-state index contributed by atoms with van der Waals surface area (Å²) in [6.45, 7) is 5.64. The summed E-state index contributed by atoms with van der Waals surface area (Å²) in [6.07, 6.45) is 2.50. The molecule has 4 rings (SSSR count). The molecule has 8 heteroatoms. The average molecular weight is 369 g/mol. The molecule has 3 heterocycles. The number of fused-ring (bicyclic) bond motifs is 1. The number of benzene rings is 1. The van der Waals surface area contributed by atoms with Gasteiger partial charge in [0, 0.05) is 44.5 Å². The molecule has 0 radical (unpaired) electrons. The number of amides is 2. The van der Waals surface area contributed by atoms with E-state index in [9.17, 15) is 4.79 Å². The Bertz CT molecular complexity index is 821. The number of hydrogen-bond donors (Lipinski definition) is 1. The Morgan fingerprint density at radius 1 is 1.11 bits per heavy atom. The van der Waals surface area contributed by atoms with Crippen LogP contribution in [0.3, 0.4) is 0 Å². The second-order valence-corrected chi connectivity index (χ2v) is 6.54. The van der Waals surface area contributed by atoms with Gasteiger partial charge in [0.2, 0.25) is 6.79 Å². The van der Waals surface area contributed by atoms with Gasteiger partial charge >= 0.3 is 6.03 Å². The lowest BCUT2D eigenvalue weighted by Crippen LogP contribution is -2.51. The first-order valence-electron chi connectivity index (χ1n) is 9.20. The van der Waals surface area contributed by atoms with Crippen LogP contribution in [0, 0.1) is 0 Å². The zero-order valence-electron chi connectivity index (χ0n) is 15.4. The Kier molecular flexibility index (Phi) is 4.95. The van der Waals surface area contributed by atoms with Crippen molar-refractivity contribution in [1.82, 2.24) is 20.2 Å². The van der Waals surface area contributed by atoms with Crippen molar-refractivity contribution in [3.8, 4) is 11.5 Å². The molecule has 2 aromatic rings. The molecule has 0 aliphatic carbocycles. The number of nitrogens with zero attached hydrogens (tertiary/aromatic N) is 4. The van der Waals surface area contributed by atoms with Crippen LogP contribution >= 0.6 is 0 Å². The van der Waals surface area contributed by atoms with E-state index in [0.717, 1.165) is 48.1 Å². The number of hydrogen-bond acceptors (Lipinski definition) is 6. The van der Waals surface area contributed by atoms with Crippen LogP contribution in [0.25, 0.3) is 0 Å². The van der Waals surface area contributed by atoms with Crippen LogP contribution < -0.4 is 19.7 Å². The molecule has 2 aliphatic heterocycles. The van der Waals surface area contributed by atoms with E-state index in [0.29, 0.717) is 19.6 Å². The maximum atomic E-state index is 12.5. The first kappa shape index (κ1) is 17.4. The Hall–Kier alpha value is -3.03. The van der Waals surface area contributed by atoms with Gasteiger partial charge in [0.15, 0.2) is 11.5 Å². The number of urea groups is 1. The normalized spacial score (nSPS) is 15.7. The fraction of sp³-hybridized carbons (Fsp3) is 0.421. The number of carbonyl (C=O) groups is 1. The van der Waals surface area contributed by atoms with Gasteiger partial charge in [-0.1, -0.05) is 13.0 Å². The van der Waals surface area contributed by atoms with Gasteiger partial charge in [-0.15, -0.1) is 0 Å². The van der Waals surface area contributed by atoms with Crippen molar-refractivity contribution in [2.24, 2.45) is 0 Å². The summed E-state index contributed by atoms with van der Waals surface area (Å²) in [7, 11) is 0. The zero-order valence-corrected chi connectivity index (χ0v) is 15.4. The largest absolute Gasteiger partial charge is 0.454 e. The molecule has 8 nitrogen and oxygen atoms in total. The van der Waals surface area contributed by atoms with E-state index in [2.05, 4.69) is 27.1 Å².